The Morgan fingerprint density at radius 2 is 1.87 bits per heavy atom. The molecule has 47 heavy (non-hydrogen) atoms. The Morgan fingerprint density at radius 3 is 2.36 bits per heavy atom. The largest absolute Gasteiger partial charge is 0.480 e. The van der Waals surface area contributed by atoms with E-state index >= 15 is 0 Å². The highest BCUT2D eigenvalue weighted by atomic mass is 16.4. The van der Waals surface area contributed by atoms with Crippen molar-refractivity contribution in [3.8, 4) is 0 Å². The van der Waals surface area contributed by atoms with Crippen molar-refractivity contribution in [1.82, 2.24) is 21.3 Å². The lowest BCUT2D eigenvalue weighted by Gasteiger charge is -2.19. The Hall–Kier alpha value is -3.63. The van der Waals surface area contributed by atoms with Crippen LogP contribution < -0.4 is 26.6 Å². The summed E-state index contributed by atoms with van der Waals surface area (Å²) in [5, 5.41) is 24.6. The summed E-state index contributed by atoms with van der Waals surface area (Å²) in [6.07, 6.45) is 15.8. The summed E-state index contributed by atoms with van der Waals surface area (Å²) in [6.45, 7) is 19.1. The van der Waals surface area contributed by atoms with Crippen LogP contribution in [-0.4, -0.2) is 75.9 Å². The molecule has 0 bridgehead atoms. The van der Waals surface area contributed by atoms with Gasteiger partial charge in [-0.25, -0.2) is 4.79 Å². The molecule has 3 rings (SSSR count). The molecule has 266 valence electrons. The molecule has 0 fully saturated rings. The summed E-state index contributed by atoms with van der Waals surface area (Å²) in [7, 11) is 3.25. The van der Waals surface area contributed by atoms with Crippen LogP contribution in [-0.2, 0) is 20.7 Å². The molecule has 6 N–H and O–H groups in total. The van der Waals surface area contributed by atoms with Crippen LogP contribution in [0.1, 0.15) is 78.7 Å². The molecule has 0 saturated heterocycles. The van der Waals surface area contributed by atoms with Crippen LogP contribution in [0.3, 0.4) is 0 Å². The van der Waals surface area contributed by atoms with Gasteiger partial charge in [0.05, 0.1) is 0 Å². The molecule has 0 saturated carbocycles. The smallest absolute Gasteiger partial charge is 0.326 e. The van der Waals surface area contributed by atoms with Crippen LogP contribution in [0, 0.1) is 11.8 Å². The zero-order valence-corrected chi connectivity index (χ0v) is 30.1. The maximum atomic E-state index is 11.1. The van der Waals surface area contributed by atoms with Gasteiger partial charge in [-0.05, 0) is 75.1 Å². The van der Waals surface area contributed by atoms with Crippen molar-refractivity contribution < 1.29 is 19.4 Å². The Labute approximate surface area is 285 Å². The fraction of sp³-hybridized carbons (Fsp3) is 0.595. The fourth-order valence-electron chi connectivity index (χ4n) is 4.32. The van der Waals surface area contributed by atoms with Crippen molar-refractivity contribution in [2.24, 2.45) is 16.8 Å². The van der Waals surface area contributed by atoms with E-state index in [9.17, 15) is 9.59 Å². The van der Waals surface area contributed by atoms with Crippen LogP contribution in [0.15, 0.2) is 65.8 Å². The molecule has 1 aliphatic heterocycles. The maximum Gasteiger partial charge on any atom is 0.326 e. The van der Waals surface area contributed by atoms with Gasteiger partial charge in [0.1, 0.15) is 6.04 Å². The van der Waals surface area contributed by atoms with Gasteiger partial charge in [-0.2, -0.15) is 0 Å². The number of rotatable bonds is 16. The number of hydrogen-bond acceptors (Lipinski definition) is 8. The first-order valence-electron chi connectivity index (χ1n) is 17.1. The number of carboxylic acids is 1. The zero-order valence-electron chi connectivity index (χ0n) is 30.1. The lowest BCUT2D eigenvalue weighted by atomic mass is 10.0. The highest BCUT2D eigenvalue weighted by Gasteiger charge is 2.16. The summed E-state index contributed by atoms with van der Waals surface area (Å²) in [4.78, 5) is 25.9. The predicted molar refractivity (Wildman–Crippen MR) is 198 cm³/mol. The normalized spacial score (nSPS) is 16.4. The molecule has 1 aromatic rings. The molecule has 4 unspecified atom stereocenters. The fourth-order valence-corrected chi connectivity index (χ4v) is 4.32. The molecule has 2 aliphatic rings. The SMILES string of the molecule is C=C(CCCNC1=NCCCN1)Nc1ccc(CC(NC=O)C(=O)O)cc1.CC1C=CC=CC1.CCCNC(C)C(C)CC.COC. The maximum absolute atomic E-state index is 11.1. The van der Waals surface area contributed by atoms with Crippen molar-refractivity contribution in [1.29, 1.82) is 0 Å². The molecule has 0 radical (unpaired) electrons. The first kappa shape index (κ1) is 43.4. The van der Waals surface area contributed by atoms with Crippen LogP contribution in [0.5, 0.6) is 0 Å². The molecule has 1 heterocycles. The summed E-state index contributed by atoms with van der Waals surface area (Å²) in [5.41, 5.74) is 2.64. The average Bonchev–Trinajstić information content (AvgIpc) is 3.07. The third-order valence-electron chi connectivity index (χ3n) is 7.54. The van der Waals surface area contributed by atoms with Gasteiger partial charge in [-0.15, -0.1) is 0 Å². The third-order valence-corrected chi connectivity index (χ3v) is 7.54. The topological polar surface area (TPSA) is 136 Å². The molecule has 0 spiro atoms. The molecule has 1 amide bonds. The molecule has 1 aliphatic carbocycles. The first-order valence-corrected chi connectivity index (χ1v) is 17.1. The number of carboxylic acid groups (broad SMARTS) is 1. The highest BCUT2D eigenvalue weighted by Crippen LogP contribution is 2.15. The number of aliphatic carboxylic acids is 1. The van der Waals surface area contributed by atoms with Gasteiger partial charge in [0.15, 0.2) is 5.96 Å². The number of benzene rings is 1. The standard InChI is InChI=1S/C19H27N5O3.C9H21N.C7H10.C2H6O/c1-14(4-2-9-20-19-21-10-3-11-22-19)24-16-7-5-15(6-8-16)12-17(18(26)27)23-13-25;1-5-7-10-9(4)8(3)6-2;1-7-5-3-2-4-6-7;1-3-2/h5-8,13,17,24H,1-4,9-12H2,(H,23,25)(H,26,27)(H2,20,21,22);8-10H,5-7H2,1-4H3;2-5,7H,6H2,1H3;1-2H3. The van der Waals surface area contributed by atoms with E-state index in [4.69, 9.17) is 5.11 Å². The average molecular weight is 657 g/mol. The number of amides is 1. The van der Waals surface area contributed by atoms with E-state index in [0.717, 1.165) is 80.2 Å². The van der Waals surface area contributed by atoms with E-state index in [1.165, 1.54) is 19.3 Å². The highest BCUT2D eigenvalue weighted by molar-refractivity contribution is 5.80. The van der Waals surface area contributed by atoms with Crippen LogP contribution in [0.2, 0.25) is 0 Å². The van der Waals surface area contributed by atoms with E-state index in [0.29, 0.717) is 12.5 Å². The Balaban J connectivity index is 0.000000857. The van der Waals surface area contributed by atoms with Gasteiger partial charge in [0.25, 0.3) is 0 Å². The number of hydrogen-bond donors (Lipinski definition) is 6. The number of nitrogens with one attached hydrogen (secondary N) is 5. The van der Waals surface area contributed by atoms with Crippen LogP contribution >= 0.6 is 0 Å². The minimum Gasteiger partial charge on any atom is -0.480 e. The quantitative estimate of drug-likeness (QED) is 0.0957. The molecule has 10 heteroatoms. The van der Waals surface area contributed by atoms with E-state index in [1.807, 2.05) is 24.3 Å². The third kappa shape index (κ3) is 23.4. The van der Waals surface area contributed by atoms with Crippen molar-refractivity contribution in [2.75, 3.05) is 45.7 Å². The summed E-state index contributed by atoms with van der Waals surface area (Å²) >= 11 is 0. The molecule has 4 atom stereocenters. The number of anilines is 1. The molecule has 10 nitrogen and oxygen atoms in total. The summed E-state index contributed by atoms with van der Waals surface area (Å²) < 4.78 is 4.25. The minimum atomic E-state index is -1.05. The summed E-state index contributed by atoms with van der Waals surface area (Å²) in [6, 6.07) is 7.19. The van der Waals surface area contributed by atoms with Crippen molar-refractivity contribution in [2.45, 2.75) is 91.6 Å². The second-order valence-corrected chi connectivity index (χ2v) is 11.9. The summed E-state index contributed by atoms with van der Waals surface area (Å²) in [5.74, 6) is 1.40. The van der Waals surface area contributed by atoms with Crippen molar-refractivity contribution in [3.63, 3.8) is 0 Å². The van der Waals surface area contributed by atoms with Crippen molar-refractivity contribution in [3.05, 3.63) is 66.4 Å². The number of carbonyl (C=O) groups excluding carboxylic acids is 1. The van der Waals surface area contributed by atoms with Gasteiger partial charge in [-0.3, -0.25) is 9.79 Å². The Bertz CT molecular complexity index is 1060. The van der Waals surface area contributed by atoms with Gasteiger partial charge >= 0.3 is 5.97 Å². The van der Waals surface area contributed by atoms with Gasteiger partial charge < -0.3 is 36.4 Å². The number of allylic oxidation sites excluding steroid dienone is 5. The second kappa shape index (κ2) is 28.6. The minimum absolute atomic E-state index is 0.235. The van der Waals surface area contributed by atoms with E-state index in [1.54, 1.807) is 14.2 Å². The number of aliphatic imine (C=N–C) groups is 1. The van der Waals surface area contributed by atoms with Crippen LogP contribution in [0.4, 0.5) is 5.69 Å². The monoisotopic (exact) mass is 656 g/mol. The molecule has 1 aromatic carbocycles. The first-order chi connectivity index (χ1) is 22.6. The van der Waals surface area contributed by atoms with Crippen LogP contribution in [0.25, 0.3) is 0 Å². The number of nitrogens with zero attached hydrogens (tertiary/aromatic N) is 1. The Morgan fingerprint density at radius 1 is 1.17 bits per heavy atom. The number of carbonyl (C=O) groups is 2. The van der Waals surface area contributed by atoms with Gasteiger partial charge in [0, 0.05) is 57.7 Å². The zero-order chi connectivity index (χ0) is 35.3. The van der Waals surface area contributed by atoms with Gasteiger partial charge in [-0.1, -0.05) is 77.1 Å². The number of guanidine groups is 1. The lowest BCUT2D eigenvalue weighted by Crippen LogP contribution is -2.41. The second-order valence-electron chi connectivity index (χ2n) is 11.9. The molecular weight excluding hydrogens is 592 g/mol. The van der Waals surface area contributed by atoms with Gasteiger partial charge in [0.2, 0.25) is 6.41 Å². The predicted octanol–water partition coefficient (Wildman–Crippen LogP) is 5.89. The van der Waals surface area contributed by atoms with E-state index in [2.05, 4.69) is 102 Å². The van der Waals surface area contributed by atoms with Crippen molar-refractivity contribution >= 4 is 24.0 Å². The number of methoxy groups -OCH3 is 1. The lowest BCUT2D eigenvalue weighted by molar-refractivity contribution is -0.140. The molecular formula is C37H64N6O4. The molecule has 0 aromatic heterocycles. The Kier molecular flexibility index (Phi) is 26.4. The van der Waals surface area contributed by atoms with E-state index in [-0.39, 0.29) is 6.42 Å². The number of ether oxygens (including phenoxy) is 1. The van der Waals surface area contributed by atoms with E-state index < -0.39 is 12.0 Å².